The summed E-state index contributed by atoms with van der Waals surface area (Å²) < 4.78 is 51.3. The zero-order valence-electron chi connectivity index (χ0n) is 16.5. The number of anilines is 1. The highest BCUT2D eigenvalue weighted by Gasteiger charge is 2.23. The number of nitrogens with one attached hydrogen (secondary N) is 1. The Balaban J connectivity index is 1.87. The molecule has 0 bridgehead atoms. The van der Waals surface area contributed by atoms with Crippen molar-refractivity contribution >= 4 is 21.6 Å². The predicted octanol–water partition coefficient (Wildman–Crippen LogP) is 2.50. The molecule has 1 fully saturated rings. The molecule has 1 atom stereocenters. The SMILES string of the molecule is CCC1CCCCN1CCCNC(=O)CN(c1ccc(F)c(F)c1)S(C)(=O)=O. The van der Waals surface area contributed by atoms with Crippen LogP contribution < -0.4 is 9.62 Å². The normalized spacial score (nSPS) is 18.1. The number of halogens is 2. The quantitative estimate of drug-likeness (QED) is 0.627. The molecule has 0 radical (unpaired) electrons. The van der Waals surface area contributed by atoms with Crippen LogP contribution in [0.2, 0.25) is 0 Å². The van der Waals surface area contributed by atoms with Crippen LogP contribution in [0, 0.1) is 11.6 Å². The summed E-state index contributed by atoms with van der Waals surface area (Å²) in [5, 5.41) is 2.71. The van der Waals surface area contributed by atoms with Crippen LogP contribution in [0.4, 0.5) is 14.5 Å². The number of nitrogens with zero attached hydrogens (tertiary/aromatic N) is 2. The minimum Gasteiger partial charge on any atom is -0.354 e. The number of carbonyl (C=O) groups excluding carboxylic acids is 1. The average Bonchev–Trinajstić information content (AvgIpc) is 2.65. The minimum atomic E-state index is -3.83. The smallest absolute Gasteiger partial charge is 0.240 e. The molecule has 0 aromatic heterocycles. The topological polar surface area (TPSA) is 69.7 Å². The molecular weight excluding hydrogens is 388 g/mol. The Bertz CT molecular complexity index is 774. The fourth-order valence-corrected chi connectivity index (χ4v) is 4.40. The molecule has 1 N–H and O–H groups in total. The van der Waals surface area contributed by atoms with Crippen molar-refractivity contribution in [1.29, 1.82) is 0 Å². The second-order valence-electron chi connectivity index (χ2n) is 7.17. The second kappa shape index (κ2) is 10.2. The Morgan fingerprint density at radius 3 is 2.68 bits per heavy atom. The van der Waals surface area contributed by atoms with Crippen LogP contribution in [0.1, 0.15) is 39.0 Å². The van der Waals surface area contributed by atoms with Gasteiger partial charge in [-0.2, -0.15) is 0 Å². The van der Waals surface area contributed by atoms with Gasteiger partial charge >= 0.3 is 0 Å². The van der Waals surface area contributed by atoms with Crippen LogP contribution in [-0.4, -0.2) is 57.7 Å². The molecule has 1 unspecified atom stereocenters. The Morgan fingerprint density at radius 2 is 2.04 bits per heavy atom. The van der Waals surface area contributed by atoms with Gasteiger partial charge in [-0.15, -0.1) is 0 Å². The number of hydrogen-bond donors (Lipinski definition) is 1. The van der Waals surface area contributed by atoms with Gasteiger partial charge in [0.2, 0.25) is 15.9 Å². The van der Waals surface area contributed by atoms with Crippen LogP contribution >= 0.6 is 0 Å². The zero-order chi connectivity index (χ0) is 20.7. The summed E-state index contributed by atoms with van der Waals surface area (Å²) in [5.74, 6) is -2.73. The van der Waals surface area contributed by atoms with E-state index in [9.17, 15) is 22.0 Å². The summed E-state index contributed by atoms with van der Waals surface area (Å²) in [6.07, 6.45) is 6.47. The van der Waals surface area contributed by atoms with E-state index in [1.54, 1.807) is 0 Å². The average molecular weight is 418 g/mol. The van der Waals surface area contributed by atoms with Gasteiger partial charge in [0.15, 0.2) is 11.6 Å². The van der Waals surface area contributed by atoms with Crippen molar-refractivity contribution in [2.75, 3.05) is 36.7 Å². The molecule has 28 heavy (non-hydrogen) atoms. The largest absolute Gasteiger partial charge is 0.354 e. The van der Waals surface area contributed by atoms with Crippen molar-refractivity contribution in [2.45, 2.75) is 45.1 Å². The molecule has 0 saturated carbocycles. The maximum Gasteiger partial charge on any atom is 0.240 e. The third-order valence-electron chi connectivity index (χ3n) is 5.04. The fraction of sp³-hybridized carbons (Fsp3) is 0.632. The lowest BCUT2D eigenvalue weighted by Gasteiger charge is -2.35. The molecule has 6 nitrogen and oxygen atoms in total. The van der Waals surface area contributed by atoms with Crippen LogP contribution in [-0.2, 0) is 14.8 Å². The summed E-state index contributed by atoms with van der Waals surface area (Å²) in [7, 11) is -3.83. The molecule has 1 aromatic rings. The fourth-order valence-electron chi connectivity index (χ4n) is 3.55. The summed E-state index contributed by atoms with van der Waals surface area (Å²) >= 11 is 0. The van der Waals surface area contributed by atoms with E-state index in [-0.39, 0.29) is 5.69 Å². The predicted molar refractivity (Wildman–Crippen MR) is 106 cm³/mol. The number of rotatable bonds is 9. The first kappa shape index (κ1) is 22.5. The maximum absolute atomic E-state index is 13.4. The molecule has 1 heterocycles. The van der Waals surface area contributed by atoms with Gasteiger partial charge in [0, 0.05) is 25.2 Å². The van der Waals surface area contributed by atoms with Crippen LogP contribution in [0.15, 0.2) is 18.2 Å². The third-order valence-corrected chi connectivity index (χ3v) is 6.18. The summed E-state index contributed by atoms with van der Waals surface area (Å²) in [5.41, 5.74) is -0.0874. The van der Waals surface area contributed by atoms with E-state index < -0.39 is 34.1 Å². The monoisotopic (exact) mass is 417 g/mol. The molecule has 0 spiro atoms. The maximum atomic E-state index is 13.4. The van der Waals surface area contributed by atoms with E-state index in [1.807, 2.05) is 0 Å². The molecule has 158 valence electrons. The molecular formula is C19H29F2N3O3S. The minimum absolute atomic E-state index is 0.0874. The lowest BCUT2D eigenvalue weighted by Crippen LogP contribution is -2.42. The van der Waals surface area contributed by atoms with Gasteiger partial charge in [0.25, 0.3) is 0 Å². The van der Waals surface area contributed by atoms with E-state index >= 15 is 0 Å². The van der Waals surface area contributed by atoms with E-state index in [4.69, 9.17) is 0 Å². The molecule has 0 aliphatic carbocycles. The van der Waals surface area contributed by atoms with Crippen LogP contribution in [0.3, 0.4) is 0 Å². The molecule has 1 aliphatic heterocycles. The molecule has 1 aromatic carbocycles. The Kier molecular flexibility index (Phi) is 8.18. The first-order valence-electron chi connectivity index (χ1n) is 9.66. The number of carbonyl (C=O) groups is 1. The van der Waals surface area contributed by atoms with Gasteiger partial charge in [-0.3, -0.25) is 9.10 Å². The number of amides is 1. The van der Waals surface area contributed by atoms with Crippen molar-refractivity contribution in [3.8, 4) is 0 Å². The standard InChI is InChI=1S/C19H29F2N3O3S/c1-3-15-7-4-5-11-23(15)12-6-10-22-19(25)14-24(28(2,26)27)16-8-9-17(20)18(21)13-16/h8-9,13,15H,3-7,10-12,14H2,1-2H3,(H,22,25). The number of hydrogen-bond acceptors (Lipinski definition) is 4. The molecule has 1 saturated heterocycles. The van der Waals surface area contributed by atoms with E-state index in [2.05, 4.69) is 17.1 Å². The number of sulfonamides is 1. The number of benzene rings is 1. The lowest BCUT2D eigenvalue weighted by atomic mass is 10.00. The summed E-state index contributed by atoms with van der Waals surface area (Å²) in [6, 6.07) is 3.33. The van der Waals surface area contributed by atoms with Gasteiger partial charge in [-0.05, 0) is 44.4 Å². The Morgan fingerprint density at radius 1 is 1.29 bits per heavy atom. The first-order valence-corrected chi connectivity index (χ1v) is 11.5. The van der Waals surface area contributed by atoms with Gasteiger partial charge < -0.3 is 10.2 Å². The van der Waals surface area contributed by atoms with E-state index in [0.717, 1.165) is 54.7 Å². The van der Waals surface area contributed by atoms with E-state index in [1.165, 1.54) is 19.3 Å². The number of piperidine rings is 1. The van der Waals surface area contributed by atoms with Gasteiger partial charge in [-0.1, -0.05) is 13.3 Å². The highest BCUT2D eigenvalue weighted by atomic mass is 32.2. The molecule has 1 amide bonds. The highest BCUT2D eigenvalue weighted by molar-refractivity contribution is 7.92. The molecule has 9 heteroatoms. The van der Waals surface area contributed by atoms with Gasteiger partial charge in [-0.25, -0.2) is 17.2 Å². The Hall–Kier alpha value is -1.74. The second-order valence-corrected chi connectivity index (χ2v) is 9.07. The van der Waals surface area contributed by atoms with Crippen molar-refractivity contribution in [3.05, 3.63) is 29.8 Å². The van der Waals surface area contributed by atoms with Gasteiger partial charge in [0.05, 0.1) is 11.9 Å². The third kappa shape index (κ3) is 6.41. The Labute approximate surface area is 165 Å². The van der Waals surface area contributed by atoms with Gasteiger partial charge in [0.1, 0.15) is 6.54 Å². The summed E-state index contributed by atoms with van der Waals surface area (Å²) in [4.78, 5) is 14.6. The van der Waals surface area contributed by atoms with Crippen molar-refractivity contribution < 1.29 is 22.0 Å². The van der Waals surface area contributed by atoms with E-state index in [0.29, 0.717) is 12.6 Å². The molecule has 2 rings (SSSR count). The van der Waals surface area contributed by atoms with Crippen molar-refractivity contribution in [1.82, 2.24) is 10.2 Å². The lowest BCUT2D eigenvalue weighted by molar-refractivity contribution is -0.119. The number of likely N-dealkylation sites (tertiary alicyclic amines) is 1. The summed E-state index contributed by atoms with van der Waals surface area (Å²) in [6.45, 7) is 4.09. The van der Waals surface area contributed by atoms with Crippen molar-refractivity contribution in [2.24, 2.45) is 0 Å². The van der Waals surface area contributed by atoms with Crippen molar-refractivity contribution in [3.63, 3.8) is 0 Å². The van der Waals surface area contributed by atoms with Crippen LogP contribution in [0.25, 0.3) is 0 Å². The highest BCUT2D eigenvalue weighted by Crippen LogP contribution is 2.21. The molecule has 1 aliphatic rings. The first-order chi connectivity index (χ1) is 13.2. The zero-order valence-corrected chi connectivity index (χ0v) is 17.3. The van der Waals surface area contributed by atoms with Crippen LogP contribution in [0.5, 0.6) is 0 Å².